The lowest BCUT2D eigenvalue weighted by atomic mass is 10.2. The van der Waals surface area contributed by atoms with Gasteiger partial charge in [0.15, 0.2) is 0 Å². The van der Waals surface area contributed by atoms with Gasteiger partial charge in [0.25, 0.3) is 0 Å². The largest absolute Gasteiger partial charge is 0.390 e. The van der Waals surface area contributed by atoms with E-state index in [9.17, 15) is 21.6 Å². The Kier molecular flexibility index (Phi) is 5.54. The number of hydrogen-bond donors (Lipinski definition) is 2. The number of halogens is 3. The highest BCUT2D eigenvalue weighted by Gasteiger charge is 2.31. The van der Waals surface area contributed by atoms with Gasteiger partial charge in [0, 0.05) is 12.6 Å². The van der Waals surface area contributed by atoms with E-state index in [1.165, 1.54) is 6.92 Å². The molecule has 0 aromatic carbocycles. The molecule has 0 aliphatic rings. The van der Waals surface area contributed by atoms with E-state index < -0.39 is 28.7 Å². The zero-order valence-corrected chi connectivity index (χ0v) is 9.37. The van der Waals surface area contributed by atoms with Crippen LogP contribution in [0.4, 0.5) is 13.2 Å². The first-order chi connectivity index (χ1) is 6.66. The fourth-order valence-corrected chi connectivity index (χ4v) is 2.28. The summed E-state index contributed by atoms with van der Waals surface area (Å²) in [6.45, 7) is 1.39. The van der Waals surface area contributed by atoms with Crippen molar-refractivity contribution in [3.63, 3.8) is 0 Å². The summed E-state index contributed by atoms with van der Waals surface area (Å²) in [6.07, 6.45) is -5.52. The first-order valence-electron chi connectivity index (χ1n) is 4.37. The molecule has 0 amide bonds. The van der Waals surface area contributed by atoms with Gasteiger partial charge in [0.05, 0.1) is 12.2 Å². The quantitative estimate of drug-likeness (QED) is 0.718. The fourth-order valence-electron chi connectivity index (χ4n) is 0.991. The summed E-state index contributed by atoms with van der Waals surface area (Å²) in [5.41, 5.74) is 0. The topological polar surface area (TPSA) is 58.2 Å². The summed E-state index contributed by atoms with van der Waals surface area (Å²) in [4.78, 5) is 0. The molecule has 0 heterocycles. The zero-order chi connectivity index (χ0) is 12.1. The van der Waals surface area contributed by atoms with Gasteiger partial charge in [-0.15, -0.1) is 0 Å². The van der Waals surface area contributed by atoms with Gasteiger partial charge >= 0.3 is 6.18 Å². The zero-order valence-electron chi connectivity index (χ0n) is 8.56. The predicted octanol–water partition coefficient (Wildman–Crippen LogP) is 0.466. The molecule has 15 heavy (non-hydrogen) atoms. The van der Waals surface area contributed by atoms with E-state index in [4.69, 9.17) is 0 Å². The van der Waals surface area contributed by atoms with Gasteiger partial charge in [-0.25, -0.2) is 13.1 Å². The van der Waals surface area contributed by atoms with Crippen molar-refractivity contribution in [2.24, 2.45) is 0 Å². The number of alkyl halides is 3. The lowest BCUT2D eigenvalue weighted by Gasteiger charge is -2.15. The number of hydrogen-bond acceptors (Lipinski definition) is 3. The van der Waals surface area contributed by atoms with E-state index in [2.05, 4.69) is 5.32 Å². The van der Waals surface area contributed by atoms with Crippen molar-refractivity contribution >= 4 is 10.0 Å². The smallest absolute Gasteiger partial charge is 0.319 e. The second-order valence-corrected chi connectivity index (χ2v) is 5.13. The number of nitrogens with one attached hydrogen (secondary N) is 2. The first kappa shape index (κ1) is 14.7. The molecule has 0 aromatic heterocycles. The summed E-state index contributed by atoms with van der Waals surface area (Å²) >= 11 is 0. The molecule has 4 nitrogen and oxygen atoms in total. The summed E-state index contributed by atoms with van der Waals surface area (Å²) in [5.74, 6) is -0.230. The molecule has 0 radical (unpaired) electrons. The van der Waals surface area contributed by atoms with E-state index in [1.54, 1.807) is 7.05 Å². The molecule has 1 atom stereocenters. The molecule has 0 spiro atoms. The molecular weight excluding hydrogens is 233 g/mol. The van der Waals surface area contributed by atoms with Crippen LogP contribution in [0.2, 0.25) is 0 Å². The third-order valence-electron chi connectivity index (χ3n) is 1.54. The highest BCUT2D eigenvalue weighted by Crippen LogP contribution is 2.21. The molecule has 8 heteroatoms. The van der Waals surface area contributed by atoms with E-state index in [0.29, 0.717) is 0 Å². The van der Waals surface area contributed by atoms with Crippen molar-refractivity contribution < 1.29 is 21.6 Å². The van der Waals surface area contributed by atoms with E-state index in [-0.39, 0.29) is 12.3 Å². The Balaban J connectivity index is 4.11. The molecule has 0 aliphatic heterocycles. The maximum Gasteiger partial charge on any atom is 0.390 e. The minimum absolute atomic E-state index is 0.202. The molecule has 0 aromatic rings. The van der Waals surface area contributed by atoms with Crippen LogP contribution in [0.3, 0.4) is 0 Å². The summed E-state index contributed by atoms with van der Waals surface area (Å²) in [5, 5.41) is 2.60. The monoisotopic (exact) mass is 248 g/mol. The summed E-state index contributed by atoms with van der Waals surface area (Å²) in [6, 6.07) is -1.13. The van der Waals surface area contributed by atoms with Crippen molar-refractivity contribution in [3.8, 4) is 0 Å². The van der Waals surface area contributed by atoms with Crippen LogP contribution >= 0.6 is 0 Å². The van der Waals surface area contributed by atoms with Crippen LogP contribution in [0, 0.1) is 0 Å². The maximum atomic E-state index is 11.9. The number of sulfonamides is 1. The van der Waals surface area contributed by atoms with E-state index in [1.807, 2.05) is 4.72 Å². The van der Waals surface area contributed by atoms with Crippen molar-refractivity contribution in [3.05, 3.63) is 0 Å². The van der Waals surface area contributed by atoms with E-state index >= 15 is 0 Å². The van der Waals surface area contributed by atoms with Crippen LogP contribution in [0.25, 0.3) is 0 Å². The van der Waals surface area contributed by atoms with Crippen molar-refractivity contribution in [1.29, 1.82) is 0 Å². The van der Waals surface area contributed by atoms with Gasteiger partial charge in [-0.3, -0.25) is 0 Å². The van der Waals surface area contributed by atoms with Crippen LogP contribution in [0.15, 0.2) is 0 Å². The standard InChI is InChI=1S/C7H15F3N2O2S/c1-6(5-7(8,9)10)12-15(13,14)4-3-11-2/h6,11-12H,3-5H2,1-2H3. The molecule has 0 aliphatic carbocycles. The van der Waals surface area contributed by atoms with Gasteiger partial charge in [0.1, 0.15) is 0 Å². The van der Waals surface area contributed by atoms with Crippen LogP contribution < -0.4 is 10.0 Å². The second-order valence-electron chi connectivity index (χ2n) is 3.26. The van der Waals surface area contributed by atoms with Gasteiger partial charge in [-0.05, 0) is 14.0 Å². The van der Waals surface area contributed by atoms with Crippen LogP contribution in [0.5, 0.6) is 0 Å². The summed E-state index contributed by atoms with van der Waals surface area (Å²) in [7, 11) is -2.06. The Labute approximate surface area is 87.3 Å². The molecule has 92 valence electrons. The number of rotatable bonds is 6. The Bertz CT molecular complexity index is 276. The van der Waals surface area contributed by atoms with Gasteiger partial charge in [-0.1, -0.05) is 0 Å². The Hall–Kier alpha value is -0.340. The Morgan fingerprint density at radius 1 is 1.33 bits per heavy atom. The predicted molar refractivity (Wildman–Crippen MR) is 51.0 cm³/mol. The molecule has 1 unspecified atom stereocenters. The lowest BCUT2D eigenvalue weighted by Crippen LogP contribution is -2.39. The molecule has 0 saturated carbocycles. The lowest BCUT2D eigenvalue weighted by molar-refractivity contribution is -0.137. The van der Waals surface area contributed by atoms with Crippen molar-refractivity contribution in [2.45, 2.75) is 25.6 Å². The highest BCUT2D eigenvalue weighted by atomic mass is 32.2. The second kappa shape index (κ2) is 5.66. The molecule has 0 fully saturated rings. The SMILES string of the molecule is CNCCS(=O)(=O)NC(C)CC(F)(F)F. The first-order valence-corrected chi connectivity index (χ1v) is 6.03. The van der Waals surface area contributed by atoms with Crippen LogP contribution in [-0.4, -0.2) is 40.0 Å². The van der Waals surface area contributed by atoms with Crippen molar-refractivity contribution in [2.75, 3.05) is 19.3 Å². The minimum Gasteiger partial charge on any atom is -0.319 e. The average molecular weight is 248 g/mol. The van der Waals surface area contributed by atoms with Gasteiger partial charge < -0.3 is 5.32 Å². The Morgan fingerprint density at radius 3 is 2.27 bits per heavy atom. The molecule has 0 rings (SSSR count). The highest BCUT2D eigenvalue weighted by molar-refractivity contribution is 7.89. The molecule has 0 bridgehead atoms. The average Bonchev–Trinajstić information content (AvgIpc) is 1.95. The van der Waals surface area contributed by atoms with Crippen LogP contribution in [0.1, 0.15) is 13.3 Å². The molecule has 2 N–H and O–H groups in total. The third-order valence-corrected chi connectivity index (χ3v) is 3.04. The van der Waals surface area contributed by atoms with Crippen LogP contribution in [-0.2, 0) is 10.0 Å². The normalized spacial score (nSPS) is 15.3. The third kappa shape index (κ3) is 8.64. The van der Waals surface area contributed by atoms with E-state index in [0.717, 1.165) is 0 Å². The fraction of sp³-hybridized carbons (Fsp3) is 1.00. The van der Waals surface area contributed by atoms with Gasteiger partial charge in [-0.2, -0.15) is 13.2 Å². The van der Waals surface area contributed by atoms with Gasteiger partial charge in [0.2, 0.25) is 10.0 Å². The molecule has 0 saturated heterocycles. The molecular formula is C7H15F3N2O2S. The minimum atomic E-state index is -4.36. The summed E-state index contributed by atoms with van der Waals surface area (Å²) < 4.78 is 60.0. The van der Waals surface area contributed by atoms with Crippen molar-refractivity contribution in [1.82, 2.24) is 10.0 Å². The Morgan fingerprint density at radius 2 is 1.87 bits per heavy atom. The maximum absolute atomic E-state index is 11.9.